The minimum absolute atomic E-state index is 0.140. The third-order valence-corrected chi connectivity index (χ3v) is 3.33. The Morgan fingerprint density at radius 1 is 1.61 bits per heavy atom. The van der Waals surface area contributed by atoms with Gasteiger partial charge in [-0.1, -0.05) is 6.07 Å². The Kier molecular flexibility index (Phi) is 4.15. The second-order valence-electron chi connectivity index (χ2n) is 4.73. The highest BCUT2D eigenvalue weighted by atomic mass is 16.3. The molecule has 1 aromatic heterocycles. The van der Waals surface area contributed by atoms with Crippen molar-refractivity contribution >= 4 is 11.8 Å². The molecule has 1 aliphatic rings. The van der Waals surface area contributed by atoms with E-state index in [2.05, 4.69) is 10.3 Å². The van der Waals surface area contributed by atoms with Crippen molar-refractivity contribution in [1.29, 1.82) is 0 Å². The second-order valence-corrected chi connectivity index (χ2v) is 4.73. The summed E-state index contributed by atoms with van der Waals surface area (Å²) in [6, 6.07) is 5.25. The first-order chi connectivity index (χ1) is 8.66. The van der Waals surface area contributed by atoms with E-state index >= 15 is 0 Å². The Bertz CT molecular complexity index is 394. The minimum Gasteiger partial charge on any atom is -0.393 e. The Morgan fingerprint density at radius 3 is 3.11 bits per heavy atom. The van der Waals surface area contributed by atoms with Gasteiger partial charge in [0.05, 0.1) is 6.10 Å². The van der Waals surface area contributed by atoms with Gasteiger partial charge in [-0.3, -0.25) is 5.32 Å². The average molecular weight is 249 g/mol. The van der Waals surface area contributed by atoms with Crippen molar-refractivity contribution in [2.45, 2.75) is 25.9 Å². The molecule has 0 aromatic carbocycles. The van der Waals surface area contributed by atoms with E-state index in [9.17, 15) is 9.90 Å². The summed E-state index contributed by atoms with van der Waals surface area (Å²) in [5, 5.41) is 12.4. The number of nitrogens with one attached hydrogen (secondary N) is 1. The first kappa shape index (κ1) is 12.8. The lowest BCUT2D eigenvalue weighted by molar-refractivity contribution is 0.0766. The third kappa shape index (κ3) is 3.20. The number of carbonyl (C=O) groups excluding carboxylic acids is 1. The van der Waals surface area contributed by atoms with Crippen LogP contribution in [0, 0.1) is 5.92 Å². The minimum atomic E-state index is -0.365. The van der Waals surface area contributed by atoms with E-state index in [1.54, 1.807) is 30.2 Å². The summed E-state index contributed by atoms with van der Waals surface area (Å²) < 4.78 is 0. The number of amides is 2. The molecule has 2 amide bonds. The topological polar surface area (TPSA) is 65.5 Å². The summed E-state index contributed by atoms with van der Waals surface area (Å²) in [4.78, 5) is 17.8. The van der Waals surface area contributed by atoms with E-state index in [4.69, 9.17) is 0 Å². The van der Waals surface area contributed by atoms with E-state index in [1.807, 2.05) is 6.07 Å². The van der Waals surface area contributed by atoms with Crippen molar-refractivity contribution in [2.24, 2.45) is 5.92 Å². The first-order valence-electron chi connectivity index (χ1n) is 6.32. The monoisotopic (exact) mass is 249 g/mol. The quantitative estimate of drug-likeness (QED) is 0.838. The highest BCUT2D eigenvalue weighted by Gasteiger charge is 2.26. The number of likely N-dealkylation sites (tertiary alicyclic amines) is 1. The Balaban J connectivity index is 1.93. The van der Waals surface area contributed by atoms with Gasteiger partial charge in [0.15, 0.2) is 0 Å². The number of aromatic nitrogens is 1. The van der Waals surface area contributed by atoms with E-state index in [1.165, 1.54) is 0 Å². The fraction of sp³-hybridized carbons (Fsp3) is 0.538. The molecule has 0 radical (unpaired) electrons. The van der Waals surface area contributed by atoms with E-state index < -0.39 is 0 Å². The maximum absolute atomic E-state index is 12.0. The van der Waals surface area contributed by atoms with Crippen LogP contribution in [0.4, 0.5) is 10.6 Å². The van der Waals surface area contributed by atoms with Crippen molar-refractivity contribution in [3.8, 4) is 0 Å². The molecule has 5 nitrogen and oxygen atoms in total. The van der Waals surface area contributed by atoms with Gasteiger partial charge < -0.3 is 10.0 Å². The zero-order valence-corrected chi connectivity index (χ0v) is 10.5. The Morgan fingerprint density at radius 2 is 2.44 bits per heavy atom. The molecule has 2 rings (SSSR count). The van der Waals surface area contributed by atoms with Gasteiger partial charge in [0.2, 0.25) is 0 Å². The number of rotatable bonds is 2. The number of pyridine rings is 1. The van der Waals surface area contributed by atoms with Crippen LogP contribution in [-0.2, 0) is 0 Å². The van der Waals surface area contributed by atoms with Gasteiger partial charge in [0.25, 0.3) is 0 Å². The molecule has 2 N–H and O–H groups in total. The van der Waals surface area contributed by atoms with Crippen LogP contribution in [0.15, 0.2) is 24.4 Å². The highest BCUT2D eigenvalue weighted by Crippen LogP contribution is 2.20. The molecule has 0 aliphatic carbocycles. The number of urea groups is 1. The molecule has 1 fully saturated rings. The van der Waals surface area contributed by atoms with Crippen LogP contribution in [-0.4, -0.2) is 40.2 Å². The molecule has 2 unspecified atom stereocenters. The van der Waals surface area contributed by atoms with Crippen molar-refractivity contribution < 1.29 is 9.90 Å². The number of hydrogen-bond donors (Lipinski definition) is 2. The average Bonchev–Trinajstić information content (AvgIpc) is 2.40. The summed E-state index contributed by atoms with van der Waals surface area (Å²) in [5.41, 5.74) is 0. The lowest BCUT2D eigenvalue weighted by atomic mass is 9.94. The van der Waals surface area contributed by atoms with Gasteiger partial charge in [-0.05, 0) is 31.9 Å². The third-order valence-electron chi connectivity index (χ3n) is 3.33. The molecule has 2 atom stereocenters. The number of nitrogens with zero attached hydrogens (tertiary/aromatic N) is 2. The fourth-order valence-corrected chi connectivity index (χ4v) is 2.21. The largest absolute Gasteiger partial charge is 0.393 e. The zero-order chi connectivity index (χ0) is 13.0. The lowest BCUT2D eigenvalue weighted by Gasteiger charge is -2.34. The van der Waals surface area contributed by atoms with Crippen molar-refractivity contribution in [1.82, 2.24) is 9.88 Å². The van der Waals surface area contributed by atoms with Gasteiger partial charge in [0, 0.05) is 25.2 Å². The SMILES string of the molecule is CC(O)C1CCCN(C(=O)Nc2ccccn2)C1. The normalized spacial score (nSPS) is 21.4. The zero-order valence-electron chi connectivity index (χ0n) is 10.5. The van der Waals surface area contributed by atoms with E-state index in [0.717, 1.165) is 19.4 Å². The van der Waals surface area contributed by atoms with Crippen LogP contribution >= 0.6 is 0 Å². The smallest absolute Gasteiger partial charge is 0.323 e. The molecule has 0 saturated carbocycles. The predicted molar refractivity (Wildman–Crippen MR) is 69.2 cm³/mol. The molecule has 1 aromatic rings. The van der Waals surface area contributed by atoms with Gasteiger partial charge in [0.1, 0.15) is 5.82 Å². The van der Waals surface area contributed by atoms with Crippen molar-refractivity contribution in [2.75, 3.05) is 18.4 Å². The maximum Gasteiger partial charge on any atom is 0.323 e. The number of aliphatic hydroxyl groups excluding tert-OH is 1. The molecule has 1 aliphatic heterocycles. The van der Waals surface area contributed by atoms with Crippen LogP contribution in [0.25, 0.3) is 0 Å². The molecule has 2 heterocycles. The standard InChI is InChI=1S/C13H19N3O2/c1-10(17)11-5-4-8-16(9-11)13(18)15-12-6-2-3-7-14-12/h2-3,6-7,10-11,17H,4-5,8-9H2,1H3,(H,14,15,18). The van der Waals surface area contributed by atoms with Crippen LogP contribution in [0.3, 0.4) is 0 Å². The highest BCUT2D eigenvalue weighted by molar-refractivity contribution is 5.88. The molecular formula is C13H19N3O2. The molecular weight excluding hydrogens is 230 g/mol. The first-order valence-corrected chi connectivity index (χ1v) is 6.32. The molecule has 5 heteroatoms. The van der Waals surface area contributed by atoms with Crippen molar-refractivity contribution in [3.63, 3.8) is 0 Å². The predicted octanol–water partition coefficient (Wildman–Crippen LogP) is 1.71. The summed E-state index contributed by atoms with van der Waals surface area (Å²) in [5.74, 6) is 0.731. The lowest BCUT2D eigenvalue weighted by Crippen LogP contribution is -2.44. The van der Waals surface area contributed by atoms with Crippen LogP contribution in [0.5, 0.6) is 0 Å². The Labute approximate surface area is 107 Å². The van der Waals surface area contributed by atoms with E-state index in [-0.39, 0.29) is 18.1 Å². The van der Waals surface area contributed by atoms with Gasteiger partial charge in [-0.25, -0.2) is 9.78 Å². The van der Waals surface area contributed by atoms with Gasteiger partial charge >= 0.3 is 6.03 Å². The summed E-state index contributed by atoms with van der Waals surface area (Å²) in [7, 11) is 0. The number of hydrogen-bond acceptors (Lipinski definition) is 3. The molecule has 0 spiro atoms. The van der Waals surface area contributed by atoms with Gasteiger partial charge in [-0.15, -0.1) is 0 Å². The second kappa shape index (κ2) is 5.82. The number of carbonyl (C=O) groups is 1. The molecule has 98 valence electrons. The number of anilines is 1. The summed E-state index contributed by atoms with van der Waals surface area (Å²) >= 11 is 0. The van der Waals surface area contributed by atoms with Crippen LogP contribution in [0.2, 0.25) is 0 Å². The fourth-order valence-electron chi connectivity index (χ4n) is 2.21. The molecule has 18 heavy (non-hydrogen) atoms. The maximum atomic E-state index is 12.0. The van der Waals surface area contributed by atoms with Crippen molar-refractivity contribution in [3.05, 3.63) is 24.4 Å². The number of aliphatic hydroxyl groups is 1. The summed E-state index contributed by atoms with van der Waals surface area (Å²) in [6.07, 6.45) is 3.19. The molecule has 1 saturated heterocycles. The van der Waals surface area contributed by atoms with Crippen LogP contribution in [0.1, 0.15) is 19.8 Å². The van der Waals surface area contributed by atoms with Gasteiger partial charge in [-0.2, -0.15) is 0 Å². The molecule has 0 bridgehead atoms. The Hall–Kier alpha value is -1.62. The van der Waals surface area contributed by atoms with E-state index in [0.29, 0.717) is 12.4 Å². The van der Waals surface area contributed by atoms with Crippen LogP contribution < -0.4 is 5.32 Å². The summed E-state index contributed by atoms with van der Waals surface area (Å²) in [6.45, 7) is 3.13. The number of piperidine rings is 1.